The summed E-state index contributed by atoms with van der Waals surface area (Å²) in [4.78, 5) is 11.9. The van der Waals surface area contributed by atoms with E-state index in [0.29, 0.717) is 19.4 Å². The van der Waals surface area contributed by atoms with Gasteiger partial charge in [-0.25, -0.2) is 0 Å². The highest BCUT2D eigenvalue weighted by atomic mass is 16.5. The number of allylic oxidation sites excluding steroid dienone is 1. The second-order valence-electron chi connectivity index (χ2n) is 6.13. The highest BCUT2D eigenvalue weighted by molar-refractivity contribution is 5.84. The fourth-order valence-electron chi connectivity index (χ4n) is 3.09. The summed E-state index contributed by atoms with van der Waals surface area (Å²) in [5.41, 5.74) is 2.07. The number of rotatable bonds is 4. The first-order chi connectivity index (χ1) is 11.7. The van der Waals surface area contributed by atoms with Gasteiger partial charge in [-0.3, -0.25) is 4.79 Å². The van der Waals surface area contributed by atoms with Gasteiger partial charge in [-0.05, 0) is 47.7 Å². The maximum atomic E-state index is 11.9. The molecular formula is C21H22O3. The van der Waals surface area contributed by atoms with Crippen LogP contribution in [0.3, 0.4) is 0 Å². The number of aliphatic hydroxyl groups is 1. The number of hydrogen-bond donors (Lipinski definition) is 1. The van der Waals surface area contributed by atoms with Gasteiger partial charge in [0.15, 0.2) is 0 Å². The van der Waals surface area contributed by atoms with Crippen LogP contribution in [0, 0.1) is 5.92 Å². The van der Waals surface area contributed by atoms with Gasteiger partial charge in [-0.15, -0.1) is 0 Å². The van der Waals surface area contributed by atoms with Crippen LogP contribution in [0.5, 0.6) is 0 Å². The van der Waals surface area contributed by atoms with Crippen LogP contribution in [-0.2, 0) is 9.53 Å². The molecule has 1 N–H and O–H groups in total. The van der Waals surface area contributed by atoms with Gasteiger partial charge in [0.05, 0.1) is 18.6 Å². The van der Waals surface area contributed by atoms with Crippen LogP contribution in [-0.4, -0.2) is 23.8 Å². The number of hydrogen-bond acceptors (Lipinski definition) is 3. The zero-order valence-electron chi connectivity index (χ0n) is 13.8. The van der Waals surface area contributed by atoms with Gasteiger partial charge in [0.1, 0.15) is 0 Å². The third-order valence-electron chi connectivity index (χ3n) is 4.27. The summed E-state index contributed by atoms with van der Waals surface area (Å²) in [6.45, 7) is 2.16. The molecule has 0 spiro atoms. The molecule has 0 heterocycles. The topological polar surface area (TPSA) is 46.5 Å². The monoisotopic (exact) mass is 322 g/mol. The van der Waals surface area contributed by atoms with Crippen LogP contribution in [0.1, 0.15) is 25.3 Å². The Kier molecular flexibility index (Phi) is 5.11. The Balaban J connectivity index is 1.79. The average Bonchev–Trinajstić information content (AvgIpc) is 2.59. The molecule has 0 fully saturated rings. The normalized spacial score (nSPS) is 21.0. The maximum Gasteiger partial charge on any atom is 0.312 e. The minimum Gasteiger partial charge on any atom is -0.466 e. The first kappa shape index (κ1) is 16.5. The van der Waals surface area contributed by atoms with Crippen molar-refractivity contribution >= 4 is 22.8 Å². The van der Waals surface area contributed by atoms with E-state index >= 15 is 0 Å². The van der Waals surface area contributed by atoms with E-state index in [2.05, 4.69) is 30.3 Å². The van der Waals surface area contributed by atoms with Crippen LogP contribution < -0.4 is 0 Å². The van der Waals surface area contributed by atoms with Crippen LogP contribution in [0.2, 0.25) is 0 Å². The molecule has 3 nitrogen and oxygen atoms in total. The van der Waals surface area contributed by atoms with E-state index in [1.165, 1.54) is 10.8 Å². The molecular weight excluding hydrogens is 300 g/mol. The lowest BCUT2D eigenvalue weighted by atomic mass is 9.88. The van der Waals surface area contributed by atoms with Gasteiger partial charge in [-0.2, -0.15) is 0 Å². The van der Waals surface area contributed by atoms with E-state index in [0.717, 1.165) is 11.1 Å². The summed E-state index contributed by atoms with van der Waals surface area (Å²) < 4.78 is 5.07. The Morgan fingerprint density at radius 3 is 2.79 bits per heavy atom. The minimum atomic E-state index is -0.499. The van der Waals surface area contributed by atoms with Crippen LogP contribution >= 0.6 is 0 Å². The van der Waals surface area contributed by atoms with Gasteiger partial charge in [0, 0.05) is 0 Å². The third kappa shape index (κ3) is 3.92. The van der Waals surface area contributed by atoms with Crippen molar-refractivity contribution in [1.29, 1.82) is 0 Å². The van der Waals surface area contributed by atoms with E-state index in [4.69, 9.17) is 4.74 Å². The van der Waals surface area contributed by atoms with Crippen molar-refractivity contribution in [2.45, 2.75) is 25.9 Å². The summed E-state index contributed by atoms with van der Waals surface area (Å²) in [6, 6.07) is 14.5. The predicted molar refractivity (Wildman–Crippen MR) is 96.4 cm³/mol. The molecule has 1 aliphatic carbocycles. The summed E-state index contributed by atoms with van der Waals surface area (Å²) in [7, 11) is 0. The molecule has 1 aliphatic rings. The Hall–Kier alpha value is -2.39. The summed E-state index contributed by atoms with van der Waals surface area (Å²) in [5.74, 6) is -0.613. The maximum absolute atomic E-state index is 11.9. The lowest BCUT2D eigenvalue weighted by Gasteiger charge is -2.22. The summed E-state index contributed by atoms with van der Waals surface area (Å²) >= 11 is 0. The van der Waals surface area contributed by atoms with Crippen molar-refractivity contribution in [2.24, 2.45) is 5.92 Å². The van der Waals surface area contributed by atoms with E-state index < -0.39 is 6.10 Å². The second-order valence-corrected chi connectivity index (χ2v) is 6.13. The van der Waals surface area contributed by atoms with E-state index in [1.54, 1.807) is 6.92 Å². The van der Waals surface area contributed by atoms with Gasteiger partial charge < -0.3 is 9.84 Å². The summed E-state index contributed by atoms with van der Waals surface area (Å²) in [5, 5.41) is 12.4. The molecule has 0 amide bonds. The smallest absolute Gasteiger partial charge is 0.312 e. The molecule has 0 aromatic heterocycles. The van der Waals surface area contributed by atoms with Crippen molar-refractivity contribution in [3.05, 3.63) is 65.8 Å². The van der Waals surface area contributed by atoms with E-state index in [1.807, 2.05) is 30.4 Å². The molecule has 2 atom stereocenters. The lowest BCUT2D eigenvalue weighted by Crippen LogP contribution is -2.25. The Labute approximate surface area is 142 Å². The molecule has 2 aromatic carbocycles. The van der Waals surface area contributed by atoms with Crippen molar-refractivity contribution in [2.75, 3.05) is 6.61 Å². The van der Waals surface area contributed by atoms with Crippen molar-refractivity contribution in [3.8, 4) is 0 Å². The van der Waals surface area contributed by atoms with Crippen LogP contribution in [0.15, 0.2) is 60.2 Å². The quantitative estimate of drug-likeness (QED) is 0.862. The molecule has 0 radical (unpaired) electrons. The van der Waals surface area contributed by atoms with E-state index in [-0.39, 0.29) is 11.9 Å². The molecule has 0 saturated heterocycles. The number of fused-ring (bicyclic) bond motifs is 1. The highest BCUT2D eigenvalue weighted by Gasteiger charge is 2.26. The molecule has 0 bridgehead atoms. The molecule has 0 saturated carbocycles. The number of benzene rings is 2. The van der Waals surface area contributed by atoms with Gasteiger partial charge in [0.25, 0.3) is 0 Å². The van der Waals surface area contributed by atoms with Crippen molar-refractivity contribution < 1.29 is 14.6 Å². The Morgan fingerprint density at radius 1 is 1.21 bits per heavy atom. The molecule has 0 aliphatic heterocycles. The van der Waals surface area contributed by atoms with Crippen LogP contribution in [0.4, 0.5) is 0 Å². The zero-order chi connectivity index (χ0) is 16.9. The standard InChI is InChI=1S/C21H22O3/c1-2-24-21(23)19-12-16(13-20(22)14-19)8-7-15-9-10-17-5-3-4-6-18(17)11-15/h3-12,19-20,22H,2,13-14H2,1H3/b8-7+/t19-,20+/m1/s1. The molecule has 24 heavy (non-hydrogen) atoms. The largest absolute Gasteiger partial charge is 0.466 e. The molecule has 3 rings (SSSR count). The number of ether oxygens (including phenoxy) is 1. The van der Waals surface area contributed by atoms with Crippen LogP contribution in [0.25, 0.3) is 16.8 Å². The first-order valence-electron chi connectivity index (χ1n) is 8.38. The molecule has 0 unspecified atom stereocenters. The molecule has 3 heteroatoms. The third-order valence-corrected chi connectivity index (χ3v) is 4.27. The highest BCUT2D eigenvalue weighted by Crippen LogP contribution is 2.26. The predicted octanol–water partition coefficient (Wildman–Crippen LogP) is 4.11. The fourth-order valence-corrected chi connectivity index (χ4v) is 3.09. The van der Waals surface area contributed by atoms with Gasteiger partial charge >= 0.3 is 5.97 Å². The minimum absolute atomic E-state index is 0.257. The number of carbonyl (C=O) groups is 1. The van der Waals surface area contributed by atoms with E-state index in [9.17, 15) is 9.90 Å². The van der Waals surface area contributed by atoms with Gasteiger partial charge in [0.2, 0.25) is 0 Å². The summed E-state index contributed by atoms with van der Waals surface area (Å²) in [6.07, 6.45) is 6.44. The zero-order valence-corrected chi connectivity index (χ0v) is 13.8. The lowest BCUT2D eigenvalue weighted by molar-refractivity contribution is -0.147. The van der Waals surface area contributed by atoms with Gasteiger partial charge in [-0.1, -0.05) is 54.6 Å². The van der Waals surface area contributed by atoms with Crippen molar-refractivity contribution in [1.82, 2.24) is 0 Å². The fraction of sp³-hybridized carbons (Fsp3) is 0.286. The SMILES string of the molecule is CCOC(=O)[C@@H]1C=C(/C=C/c2ccc3ccccc3c2)C[C@H](O)C1. The Morgan fingerprint density at radius 2 is 2.00 bits per heavy atom. The molecule has 2 aromatic rings. The number of aliphatic hydroxyl groups excluding tert-OH is 1. The number of carbonyl (C=O) groups excluding carboxylic acids is 1. The molecule has 124 valence electrons. The second kappa shape index (κ2) is 7.45. The van der Waals surface area contributed by atoms with Crippen molar-refractivity contribution in [3.63, 3.8) is 0 Å². The Bertz CT molecular complexity index is 789. The number of esters is 1. The average molecular weight is 322 g/mol. The first-order valence-corrected chi connectivity index (χ1v) is 8.38.